The van der Waals surface area contributed by atoms with Crippen molar-refractivity contribution in [1.29, 1.82) is 0 Å². The summed E-state index contributed by atoms with van der Waals surface area (Å²) < 4.78 is 43.2. The van der Waals surface area contributed by atoms with Crippen LogP contribution in [0.15, 0.2) is 84.9 Å². The van der Waals surface area contributed by atoms with E-state index in [1.54, 1.807) is 37.3 Å². The number of halogens is 3. The Balaban J connectivity index is 1.85. The highest BCUT2D eigenvalue weighted by Crippen LogP contribution is 2.47. The van der Waals surface area contributed by atoms with Gasteiger partial charge in [0.25, 0.3) is 0 Å². The van der Waals surface area contributed by atoms with E-state index in [0.29, 0.717) is 27.7 Å². The van der Waals surface area contributed by atoms with Crippen molar-refractivity contribution in [3.8, 4) is 0 Å². The Morgan fingerprint density at radius 2 is 1.47 bits per heavy atom. The number of hydrogen-bond donors (Lipinski definition) is 2. The third kappa shape index (κ3) is 3.61. The van der Waals surface area contributed by atoms with Crippen LogP contribution in [-0.4, -0.2) is 11.3 Å². The quantitative estimate of drug-likeness (QED) is 0.293. The number of aryl methyl sites for hydroxylation is 2. The monoisotopic (exact) mass is 436 g/mol. The number of anilines is 2. The number of rotatable bonds is 4. The largest absolute Gasteiger partial charge is 0.425 e. The maximum absolute atomic E-state index is 14.4. The third-order valence-corrected chi connectivity index (χ3v) is 5.78. The van der Waals surface area contributed by atoms with Crippen molar-refractivity contribution in [1.82, 2.24) is 0 Å². The van der Waals surface area contributed by atoms with Crippen LogP contribution in [0.3, 0.4) is 0 Å². The zero-order valence-electron chi connectivity index (χ0n) is 17.7. The second-order valence-corrected chi connectivity index (χ2v) is 7.94. The molecule has 0 aromatic heterocycles. The minimum Gasteiger partial charge on any atom is -0.372 e. The number of fused-ring (bicyclic) bond motifs is 1. The van der Waals surface area contributed by atoms with E-state index in [4.69, 9.17) is 5.84 Å². The van der Waals surface area contributed by atoms with E-state index < -0.39 is 11.8 Å². The fraction of sp³-hybridized carbons (Fsp3) is 0.154. The number of benzene rings is 4. The molecular formula is C26H23F3N2O. The summed E-state index contributed by atoms with van der Waals surface area (Å²) in [6.07, 6.45) is -4.94. The molecule has 0 radical (unpaired) electrons. The molecule has 0 aliphatic carbocycles. The molecule has 0 saturated carbocycles. The predicted molar refractivity (Wildman–Crippen MR) is 122 cm³/mol. The average molecular weight is 436 g/mol. The lowest BCUT2D eigenvalue weighted by Crippen LogP contribution is -2.43. The van der Waals surface area contributed by atoms with Gasteiger partial charge in [0.2, 0.25) is 5.60 Å². The molecule has 0 spiro atoms. The van der Waals surface area contributed by atoms with Crippen molar-refractivity contribution >= 4 is 22.1 Å². The summed E-state index contributed by atoms with van der Waals surface area (Å²) in [6, 6.07) is 22.9. The molecule has 0 saturated heterocycles. The van der Waals surface area contributed by atoms with Gasteiger partial charge < -0.3 is 5.11 Å². The van der Waals surface area contributed by atoms with Gasteiger partial charge in [-0.05, 0) is 53.9 Å². The SMILES string of the molecule is Cc1ccc(N(N)c2ccc(C(O)(c3cccc4ccccc34)C(F)(F)F)cc2C)cc1. The number of hydrazine groups is 1. The Morgan fingerprint density at radius 1 is 0.812 bits per heavy atom. The molecule has 0 bridgehead atoms. The summed E-state index contributed by atoms with van der Waals surface area (Å²) in [5.74, 6) is 6.25. The van der Waals surface area contributed by atoms with Crippen LogP contribution in [0.1, 0.15) is 22.3 Å². The van der Waals surface area contributed by atoms with Gasteiger partial charge in [-0.2, -0.15) is 13.2 Å². The van der Waals surface area contributed by atoms with Crippen molar-refractivity contribution < 1.29 is 18.3 Å². The Labute approximate surface area is 184 Å². The molecule has 3 N–H and O–H groups in total. The van der Waals surface area contributed by atoms with Gasteiger partial charge >= 0.3 is 6.18 Å². The number of alkyl halides is 3. The van der Waals surface area contributed by atoms with Crippen LogP contribution in [0, 0.1) is 13.8 Å². The van der Waals surface area contributed by atoms with E-state index in [9.17, 15) is 18.3 Å². The number of aliphatic hydroxyl groups is 1. The molecule has 0 fully saturated rings. The molecule has 1 unspecified atom stereocenters. The fourth-order valence-electron chi connectivity index (χ4n) is 4.01. The maximum atomic E-state index is 14.4. The minimum absolute atomic E-state index is 0.210. The number of hydrogen-bond acceptors (Lipinski definition) is 3. The van der Waals surface area contributed by atoms with Crippen molar-refractivity contribution in [3.63, 3.8) is 0 Å². The highest BCUT2D eigenvalue weighted by molar-refractivity contribution is 5.87. The second kappa shape index (κ2) is 7.97. The number of nitrogens with two attached hydrogens (primary N) is 1. The first-order valence-electron chi connectivity index (χ1n) is 10.1. The summed E-state index contributed by atoms with van der Waals surface area (Å²) in [6.45, 7) is 3.63. The van der Waals surface area contributed by atoms with Crippen molar-refractivity contribution in [2.45, 2.75) is 25.6 Å². The molecule has 6 heteroatoms. The molecular weight excluding hydrogens is 413 g/mol. The molecule has 0 aliphatic rings. The Morgan fingerprint density at radius 3 is 2.12 bits per heavy atom. The first-order chi connectivity index (χ1) is 15.1. The van der Waals surface area contributed by atoms with Gasteiger partial charge in [-0.3, -0.25) is 5.01 Å². The summed E-state index contributed by atoms with van der Waals surface area (Å²) in [4.78, 5) is 0. The van der Waals surface area contributed by atoms with Crippen molar-refractivity contribution in [3.05, 3.63) is 107 Å². The van der Waals surface area contributed by atoms with E-state index in [1.807, 2.05) is 31.2 Å². The van der Waals surface area contributed by atoms with Crippen LogP contribution in [-0.2, 0) is 5.60 Å². The first kappa shape index (κ1) is 21.9. The van der Waals surface area contributed by atoms with E-state index in [1.165, 1.54) is 35.3 Å². The van der Waals surface area contributed by atoms with Crippen LogP contribution < -0.4 is 10.9 Å². The molecule has 0 amide bonds. The molecule has 4 aromatic rings. The van der Waals surface area contributed by atoms with Gasteiger partial charge in [0, 0.05) is 5.56 Å². The zero-order valence-corrected chi connectivity index (χ0v) is 17.7. The fourth-order valence-corrected chi connectivity index (χ4v) is 4.01. The highest BCUT2D eigenvalue weighted by atomic mass is 19.4. The Hall–Kier alpha value is -3.35. The lowest BCUT2D eigenvalue weighted by atomic mass is 9.82. The predicted octanol–water partition coefficient (Wildman–Crippen LogP) is 6.27. The summed E-state index contributed by atoms with van der Waals surface area (Å²) in [7, 11) is 0. The molecule has 0 aliphatic heterocycles. The average Bonchev–Trinajstić information content (AvgIpc) is 2.77. The van der Waals surface area contributed by atoms with Gasteiger partial charge in [-0.25, -0.2) is 5.84 Å². The molecule has 4 aromatic carbocycles. The molecule has 0 heterocycles. The standard InChI is InChI=1S/C26H23F3N2O/c1-17-10-13-21(14-11-17)31(30)24-15-12-20(16-18(24)2)25(32,26(27,28)29)23-9-5-7-19-6-3-4-8-22(19)23/h3-16,32H,30H2,1-2H3. The van der Waals surface area contributed by atoms with Crippen molar-refractivity contribution in [2.75, 3.05) is 5.01 Å². The third-order valence-electron chi connectivity index (χ3n) is 5.78. The van der Waals surface area contributed by atoms with Gasteiger partial charge in [0.1, 0.15) is 0 Å². The van der Waals surface area contributed by atoms with E-state index in [0.717, 1.165) is 5.56 Å². The molecule has 1 atom stereocenters. The smallest absolute Gasteiger partial charge is 0.372 e. The molecule has 164 valence electrons. The normalized spacial score (nSPS) is 13.7. The highest BCUT2D eigenvalue weighted by Gasteiger charge is 2.57. The second-order valence-electron chi connectivity index (χ2n) is 7.94. The van der Waals surface area contributed by atoms with E-state index in [-0.39, 0.29) is 11.1 Å². The van der Waals surface area contributed by atoms with E-state index in [2.05, 4.69) is 0 Å². The van der Waals surface area contributed by atoms with Crippen LogP contribution in [0.5, 0.6) is 0 Å². The van der Waals surface area contributed by atoms with Crippen LogP contribution in [0.25, 0.3) is 10.8 Å². The van der Waals surface area contributed by atoms with Gasteiger partial charge in [0.15, 0.2) is 0 Å². The number of nitrogens with zero attached hydrogens (tertiary/aromatic N) is 1. The lowest BCUT2D eigenvalue weighted by molar-refractivity contribution is -0.247. The van der Waals surface area contributed by atoms with Crippen LogP contribution in [0.4, 0.5) is 24.5 Å². The minimum atomic E-state index is -4.94. The first-order valence-corrected chi connectivity index (χ1v) is 10.1. The Bertz CT molecular complexity index is 1260. The van der Waals surface area contributed by atoms with Gasteiger partial charge in [0.05, 0.1) is 11.4 Å². The Kier molecular flexibility index (Phi) is 5.44. The topological polar surface area (TPSA) is 49.5 Å². The molecule has 3 nitrogen and oxygen atoms in total. The maximum Gasteiger partial charge on any atom is 0.425 e. The van der Waals surface area contributed by atoms with Crippen LogP contribution >= 0.6 is 0 Å². The summed E-state index contributed by atoms with van der Waals surface area (Å²) in [5.41, 5.74) is -0.835. The van der Waals surface area contributed by atoms with E-state index >= 15 is 0 Å². The molecule has 4 rings (SSSR count). The zero-order chi connectivity index (χ0) is 23.1. The summed E-state index contributed by atoms with van der Waals surface area (Å²) in [5, 5.41) is 13.6. The van der Waals surface area contributed by atoms with Crippen LogP contribution in [0.2, 0.25) is 0 Å². The van der Waals surface area contributed by atoms with Gasteiger partial charge in [-0.1, -0.05) is 72.3 Å². The van der Waals surface area contributed by atoms with Gasteiger partial charge in [-0.15, -0.1) is 0 Å². The van der Waals surface area contributed by atoms with Crippen molar-refractivity contribution in [2.24, 2.45) is 5.84 Å². The lowest BCUT2D eigenvalue weighted by Gasteiger charge is -2.33. The summed E-state index contributed by atoms with van der Waals surface area (Å²) >= 11 is 0. The molecule has 32 heavy (non-hydrogen) atoms.